The number of hydrogen-bond donors (Lipinski definition) is 4. The van der Waals surface area contributed by atoms with Gasteiger partial charge in [-0.1, -0.05) is 61.5 Å². The molecule has 11 nitrogen and oxygen atoms in total. The van der Waals surface area contributed by atoms with E-state index in [0.717, 1.165) is 16.8 Å². The molecule has 54 heavy (non-hydrogen) atoms. The zero-order valence-electron chi connectivity index (χ0n) is 30.2. The summed E-state index contributed by atoms with van der Waals surface area (Å²) < 4.78 is 13.9. The molecular weight excluding hydrogens is 689 g/mol. The van der Waals surface area contributed by atoms with Gasteiger partial charge in [-0.15, -0.1) is 0 Å². The molecular formula is C42H46FN5O6. The number of carbonyl (C=O) groups excluding carboxylic acids is 4. The van der Waals surface area contributed by atoms with Crippen LogP contribution in [0, 0.1) is 5.82 Å². The number of amides is 4. The van der Waals surface area contributed by atoms with Gasteiger partial charge in [-0.05, 0) is 97.3 Å². The van der Waals surface area contributed by atoms with Gasteiger partial charge in [-0.25, -0.2) is 4.39 Å². The van der Waals surface area contributed by atoms with Gasteiger partial charge in [-0.3, -0.25) is 19.2 Å². The van der Waals surface area contributed by atoms with E-state index in [1.165, 1.54) is 21.9 Å². The third kappa shape index (κ3) is 9.12. The van der Waals surface area contributed by atoms with E-state index < -0.39 is 36.1 Å². The molecule has 2 aliphatic heterocycles. The molecule has 2 heterocycles. The number of halogens is 1. The lowest BCUT2D eigenvalue weighted by Crippen LogP contribution is -2.47. The van der Waals surface area contributed by atoms with Crippen LogP contribution in [0.5, 0.6) is 0 Å². The number of carbonyl (C=O) groups is 4. The highest BCUT2D eigenvalue weighted by Gasteiger charge is 2.38. The van der Waals surface area contributed by atoms with Gasteiger partial charge in [-0.2, -0.15) is 0 Å². The van der Waals surface area contributed by atoms with Gasteiger partial charge < -0.3 is 35.5 Å². The number of rotatable bonds is 13. The summed E-state index contributed by atoms with van der Waals surface area (Å²) >= 11 is 0. The second kappa shape index (κ2) is 17.5. The molecule has 4 aromatic carbocycles. The summed E-state index contributed by atoms with van der Waals surface area (Å²) in [4.78, 5) is 57.1. The van der Waals surface area contributed by atoms with Crippen LogP contribution in [0.25, 0.3) is 0 Å². The zero-order valence-corrected chi connectivity index (χ0v) is 30.2. The van der Waals surface area contributed by atoms with E-state index in [-0.39, 0.29) is 24.1 Å². The van der Waals surface area contributed by atoms with Crippen molar-refractivity contribution in [3.63, 3.8) is 0 Å². The molecule has 4 N–H and O–H groups in total. The van der Waals surface area contributed by atoms with E-state index in [1.807, 2.05) is 24.3 Å². The predicted octanol–water partition coefficient (Wildman–Crippen LogP) is 5.40. The molecule has 2 saturated heterocycles. The SMILES string of the molecule is CCC(O)C(=O)N1CCCC1C(=O)Nc1ccc(CN(Cc2ccc(NC(=O)C3CCCN3C(=O)C(O)c3ccccc3)cc2)c2ccc(F)cc2)cc1. The summed E-state index contributed by atoms with van der Waals surface area (Å²) in [7, 11) is 0. The summed E-state index contributed by atoms with van der Waals surface area (Å²) in [5, 5.41) is 26.6. The quantitative estimate of drug-likeness (QED) is 0.144. The Labute approximate surface area is 314 Å². The topological polar surface area (TPSA) is 143 Å². The van der Waals surface area contributed by atoms with Crippen molar-refractivity contribution in [1.82, 2.24) is 9.80 Å². The van der Waals surface area contributed by atoms with Gasteiger partial charge in [0.2, 0.25) is 11.8 Å². The highest BCUT2D eigenvalue weighted by molar-refractivity contribution is 5.99. The zero-order chi connectivity index (χ0) is 38.2. The first-order valence-electron chi connectivity index (χ1n) is 18.4. The first-order chi connectivity index (χ1) is 26.1. The van der Waals surface area contributed by atoms with Crippen molar-refractivity contribution in [1.29, 1.82) is 0 Å². The number of nitrogens with zero attached hydrogens (tertiary/aromatic N) is 3. The molecule has 0 aromatic heterocycles. The van der Waals surface area contributed by atoms with E-state index in [4.69, 9.17) is 0 Å². The number of nitrogens with one attached hydrogen (secondary N) is 2. The Balaban J connectivity index is 1.08. The van der Waals surface area contributed by atoms with Gasteiger partial charge >= 0.3 is 0 Å². The average Bonchev–Trinajstić information content (AvgIpc) is 3.90. The Morgan fingerprint density at radius 1 is 0.704 bits per heavy atom. The summed E-state index contributed by atoms with van der Waals surface area (Å²) in [5.41, 5.74) is 4.32. The minimum absolute atomic E-state index is 0.288. The molecule has 12 heteroatoms. The lowest BCUT2D eigenvalue weighted by Gasteiger charge is -2.27. The van der Waals surface area contributed by atoms with Gasteiger partial charge in [0.1, 0.15) is 24.0 Å². The lowest BCUT2D eigenvalue weighted by atomic mass is 10.1. The number of anilines is 3. The van der Waals surface area contributed by atoms with Crippen molar-refractivity contribution < 1.29 is 33.8 Å². The lowest BCUT2D eigenvalue weighted by molar-refractivity contribution is -0.144. The van der Waals surface area contributed by atoms with Crippen molar-refractivity contribution in [3.8, 4) is 0 Å². The predicted molar refractivity (Wildman–Crippen MR) is 204 cm³/mol. The monoisotopic (exact) mass is 735 g/mol. The van der Waals surface area contributed by atoms with Crippen LogP contribution in [0.15, 0.2) is 103 Å². The number of hydrogen-bond acceptors (Lipinski definition) is 7. The smallest absolute Gasteiger partial charge is 0.256 e. The molecule has 4 amide bonds. The third-order valence-corrected chi connectivity index (χ3v) is 10.1. The van der Waals surface area contributed by atoms with E-state index >= 15 is 0 Å². The van der Waals surface area contributed by atoms with Gasteiger partial charge in [0.15, 0.2) is 6.10 Å². The molecule has 4 aromatic rings. The Morgan fingerprint density at radius 2 is 1.19 bits per heavy atom. The Morgan fingerprint density at radius 3 is 1.67 bits per heavy atom. The van der Waals surface area contributed by atoms with Crippen LogP contribution >= 0.6 is 0 Å². The van der Waals surface area contributed by atoms with E-state index in [0.29, 0.717) is 68.8 Å². The summed E-state index contributed by atoms with van der Waals surface area (Å²) in [6.45, 7) is 3.49. The standard InChI is InChI=1S/C42H46FN5O6/c1-2-37(49)41(53)47-24-6-10-35(47)39(51)44-32-18-12-28(13-19-32)26-46(34-22-16-31(43)17-23-34)27-29-14-20-33(21-15-29)45-40(52)36-11-7-25-48(36)42(54)38(50)30-8-4-3-5-9-30/h3-5,8-9,12-23,35-38,49-50H,2,6-7,10-11,24-27H2,1H3,(H,44,51)(H,45,52). The molecule has 0 saturated carbocycles. The van der Waals surface area contributed by atoms with Crippen LogP contribution in [-0.2, 0) is 32.3 Å². The maximum absolute atomic E-state index is 13.9. The summed E-state index contributed by atoms with van der Waals surface area (Å²) in [5.74, 6) is -1.86. The largest absolute Gasteiger partial charge is 0.383 e. The minimum atomic E-state index is -1.34. The first kappa shape index (κ1) is 38.1. The van der Waals surface area contributed by atoms with E-state index in [2.05, 4.69) is 15.5 Å². The fourth-order valence-corrected chi connectivity index (χ4v) is 7.08. The molecule has 6 rings (SSSR count). The first-order valence-corrected chi connectivity index (χ1v) is 18.4. The van der Waals surface area contributed by atoms with Crippen LogP contribution in [0.4, 0.5) is 21.5 Å². The molecule has 0 bridgehead atoms. The van der Waals surface area contributed by atoms with Crippen LogP contribution < -0.4 is 15.5 Å². The van der Waals surface area contributed by atoms with E-state index in [1.54, 1.807) is 73.7 Å². The second-order valence-electron chi connectivity index (χ2n) is 13.8. The average molecular weight is 736 g/mol. The third-order valence-electron chi connectivity index (χ3n) is 10.1. The Kier molecular flexibility index (Phi) is 12.4. The van der Waals surface area contributed by atoms with E-state index in [9.17, 15) is 33.8 Å². The number of benzene rings is 4. The molecule has 0 aliphatic carbocycles. The summed E-state index contributed by atoms with van der Waals surface area (Å²) in [6.07, 6.45) is 0.221. The normalized spacial score (nSPS) is 17.9. The molecule has 282 valence electrons. The van der Waals surface area contributed by atoms with Gasteiger partial charge in [0, 0.05) is 43.2 Å². The highest BCUT2D eigenvalue weighted by Crippen LogP contribution is 2.27. The molecule has 4 unspecified atom stereocenters. The molecule has 0 spiro atoms. The van der Waals surface area contributed by atoms with Crippen LogP contribution in [0.1, 0.15) is 61.8 Å². The van der Waals surface area contributed by atoms with Crippen LogP contribution in [-0.4, -0.2) is 74.9 Å². The minimum Gasteiger partial charge on any atom is -0.383 e. The molecule has 2 aliphatic rings. The fraction of sp³-hybridized carbons (Fsp3) is 0.333. The fourth-order valence-electron chi connectivity index (χ4n) is 7.08. The molecule has 0 radical (unpaired) electrons. The van der Waals surface area contributed by atoms with Crippen molar-refractivity contribution in [2.24, 2.45) is 0 Å². The maximum Gasteiger partial charge on any atom is 0.256 e. The van der Waals surface area contributed by atoms with Crippen molar-refractivity contribution >= 4 is 40.7 Å². The highest BCUT2D eigenvalue weighted by atomic mass is 19.1. The Hall–Kier alpha value is -5.59. The van der Waals surface area contributed by atoms with Gasteiger partial charge in [0.25, 0.3) is 11.8 Å². The van der Waals surface area contributed by atoms with Crippen LogP contribution in [0.3, 0.4) is 0 Å². The number of aliphatic hydroxyl groups is 2. The number of aliphatic hydroxyl groups excluding tert-OH is 2. The van der Waals surface area contributed by atoms with Crippen molar-refractivity contribution in [3.05, 3.63) is 126 Å². The number of likely N-dealkylation sites (tertiary alicyclic amines) is 2. The maximum atomic E-state index is 13.9. The molecule has 4 atom stereocenters. The molecule has 2 fully saturated rings. The van der Waals surface area contributed by atoms with Crippen molar-refractivity contribution in [2.75, 3.05) is 28.6 Å². The second-order valence-corrected chi connectivity index (χ2v) is 13.8. The van der Waals surface area contributed by atoms with Crippen LogP contribution in [0.2, 0.25) is 0 Å². The van der Waals surface area contributed by atoms with Crippen molar-refractivity contribution in [2.45, 2.75) is 76.4 Å². The Bertz CT molecular complexity index is 1910. The van der Waals surface area contributed by atoms with Gasteiger partial charge in [0.05, 0.1) is 0 Å². The summed E-state index contributed by atoms with van der Waals surface area (Å²) in [6, 6.07) is 28.4.